The minimum absolute atomic E-state index is 0.0960. The Balaban J connectivity index is 1.51. The van der Waals surface area contributed by atoms with Gasteiger partial charge >= 0.3 is 5.97 Å². The molecule has 3 rings (SSSR count). The average molecular weight is 543 g/mol. The second kappa shape index (κ2) is 18.3. The monoisotopic (exact) mass is 542 g/mol. The standard InChI is InChI=1S/C37H50O3/c1-4-6-8-10-11-12-13-14-20-37(38)40-30(3)31-21-23-32(24-22-31)35-18-15-16-19-36(35)33-25-27-34(28-26-33)39-29-17-9-7-5-2/h15-16,18-19,21-28,30H,4-14,17,20,29H2,1-3H3. The summed E-state index contributed by atoms with van der Waals surface area (Å²) in [7, 11) is 0. The van der Waals surface area contributed by atoms with Gasteiger partial charge in [-0.3, -0.25) is 4.79 Å². The summed E-state index contributed by atoms with van der Waals surface area (Å²) in [6.07, 6.45) is 14.9. The van der Waals surface area contributed by atoms with Crippen molar-refractivity contribution in [2.24, 2.45) is 0 Å². The molecule has 0 N–H and O–H groups in total. The van der Waals surface area contributed by atoms with Gasteiger partial charge in [0.1, 0.15) is 11.9 Å². The number of benzene rings is 3. The number of unbranched alkanes of at least 4 members (excludes halogenated alkanes) is 10. The Morgan fingerprint density at radius 2 is 1.12 bits per heavy atom. The molecule has 3 aromatic carbocycles. The van der Waals surface area contributed by atoms with Crippen molar-refractivity contribution < 1.29 is 14.3 Å². The molecule has 0 spiro atoms. The summed E-state index contributed by atoms with van der Waals surface area (Å²) in [6.45, 7) is 7.20. The summed E-state index contributed by atoms with van der Waals surface area (Å²) >= 11 is 0. The fourth-order valence-corrected chi connectivity index (χ4v) is 5.10. The summed E-state index contributed by atoms with van der Waals surface area (Å²) in [5, 5.41) is 0. The van der Waals surface area contributed by atoms with Gasteiger partial charge in [0, 0.05) is 6.42 Å². The van der Waals surface area contributed by atoms with Gasteiger partial charge in [-0.1, -0.05) is 139 Å². The first-order valence-electron chi connectivity index (χ1n) is 15.7. The van der Waals surface area contributed by atoms with Crippen LogP contribution in [0.15, 0.2) is 72.8 Å². The van der Waals surface area contributed by atoms with Crippen molar-refractivity contribution in [1.29, 1.82) is 0 Å². The molecule has 0 amide bonds. The second-order valence-corrected chi connectivity index (χ2v) is 11.0. The number of carbonyl (C=O) groups excluding carboxylic acids is 1. The molecule has 3 nitrogen and oxygen atoms in total. The van der Waals surface area contributed by atoms with E-state index in [1.807, 2.05) is 6.92 Å². The highest BCUT2D eigenvalue weighted by molar-refractivity contribution is 5.83. The molecule has 0 heterocycles. The topological polar surface area (TPSA) is 35.5 Å². The van der Waals surface area contributed by atoms with Gasteiger partial charge in [0.05, 0.1) is 6.61 Å². The fraction of sp³-hybridized carbons (Fsp3) is 0.486. The van der Waals surface area contributed by atoms with Crippen molar-refractivity contribution in [3.05, 3.63) is 78.4 Å². The number of hydrogen-bond donors (Lipinski definition) is 0. The van der Waals surface area contributed by atoms with Gasteiger partial charge in [-0.2, -0.15) is 0 Å². The highest BCUT2D eigenvalue weighted by atomic mass is 16.5. The third-order valence-corrected chi connectivity index (χ3v) is 7.59. The van der Waals surface area contributed by atoms with Crippen molar-refractivity contribution in [1.82, 2.24) is 0 Å². The summed E-state index contributed by atoms with van der Waals surface area (Å²) in [4.78, 5) is 12.4. The Kier molecular flexibility index (Phi) is 14.4. The van der Waals surface area contributed by atoms with Gasteiger partial charge in [0.2, 0.25) is 0 Å². The maximum atomic E-state index is 12.4. The molecule has 0 saturated carbocycles. The minimum Gasteiger partial charge on any atom is -0.494 e. The first kappa shape index (κ1) is 31.5. The zero-order chi connectivity index (χ0) is 28.4. The van der Waals surface area contributed by atoms with E-state index in [4.69, 9.17) is 9.47 Å². The molecular formula is C37H50O3. The van der Waals surface area contributed by atoms with E-state index in [1.54, 1.807) is 0 Å². The van der Waals surface area contributed by atoms with Crippen LogP contribution in [0.4, 0.5) is 0 Å². The maximum Gasteiger partial charge on any atom is 0.306 e. The Hall–Kier alpha value is -3.07. The van der Waals surface area contributed by atoms with Crippen LogP contribution in [0.2, 0.25) is 0 Å². The molecule has 0 aliphatic heterocycles. The molecule has 40 heavy (non-hydrogen) atoms. The number of hydrogen-bond acceptors (Lipinski definition) is 3. The van der Waals surface area contributed by atoms with Gasteiger partial charge in [-0.25, -0.2) is 0 Å². The van der Waals surface area contributed by atoms with E-state index in [0.29, 0.717) is 6.42 Å². The molecule has 216 valence electrons. The molecule has 0 aliphatic rings. The Labute approximate surface area is 243 Å². The van der Waals surface area contributed by atoms with Crippen molar-refractivity contribution in [2.45, 2.75) is 110 Å². The normalized spacial score (nSPS) is 11.8. The lowest BCUT2D eigenvalue weighted by atomic mass is 9.93. The molecular weight excluding hydrogens is 492 g/mol. The molecule has 0 aliphatic carbocycles. The van der Waals surface area contributed by atoms with Gasteiger partial charge in [-0.15, -0.1) is 0 Å². The van der Waals surface area contributed by atoms with Crippen molar-refractivity contribution >= 4 is 5.97 Å². The lowest BCUT2D eigenvalue weighted by Gasteiger charge is -2.15. The van der Waals surface area contributed by atoms with E-state index in [0.717, 1.165) is 42.7 Å². The number of rotatable bonds is 19. The Morgan fingerprint density at radius 3 is 1.70 bits per heavy atom. The predicted molar refractivity (Wildman–Crippen MR) is 169 cm³/mol. The number of ether oxygens (including phenoxy) is 2. The van der Waals surface area contributed by atoms with Crippen molar-refractivity contribution in [3.8, 4) is 28.0 Å². The van der Waals surface area contributed by atoms with E-state index in [9.17, 15) is 4.79 Å². The van der Waals surface area contributed by atoms with Crippen molar-refractivity contribution in [2.75, 3.05) is 6.61 Å². The van der Waals surface area contributed by atoms with Crippen LogP contribution in [-0.4, -0.2) is 12.6 Å². The first-order valence-corrected chi connectivity index (χ1v) is 15.7. The van der Waals surface area contributed by atoms with Crippen LogP contribution < -0.4 is 4.74 Å². The smallest absolute Gasteiger partial charge is 0.306 e. The third kappa shape index (κ3) is 10.8. The first-order chi connectivity index (χ1) is 19.6. The summed E-state index contributed by atoms with van der Waals surface area (Å²) < 4.78 is 11.7. The Bertz CT molecular complexity index is 1100. The van der Waals surface area contributed by atoms with Crippen LogP contribution in [0.25, 0.3) is 22.3 Å². The van der Waals surface area contributed by atoms with E-state index in [2.05, 4.69) is 86.6 Å². The zero-order valence-corrected chi connectivity index (χ0v) is 25.1. The van der Waals surface area contributed by atoms with E-state index in [1.165, 1.54) is 74.5 Å². The summed E-state index contributed by atoms with van der Waals surface area (Å²) in [5.41, 5.74) is 5.71. The molecule has 0 fully saturated rings. The van der Waals surface area contributed by atoms with Crippen LogP contribution in [0.3, 0.4) is 0 Å². The van der Waals surface area contributed by atoms with Crippen molar-refractivity contribution in [3.63, 3.8) is 0 Å². The fourth-order valence-electron chi connectivity index (χ4n) is 5.10. The van der Waals surface area contributed by atoms with Crippen LogP contribution >= 0.6 is 0 Å². The minimum atomic E-state index is -0.250. The second-order valence-electron chi connectivity index (χ2n) is 11.0. The maximum absolute atomic E-state index is 12.4. The Morgan fingerprint density at radius 1 is 0.625 bits per heavy atom. The van der Waals surface area contributed by atoms with Crippen LogP contribution in [0.1, 0.15) is 116 Å². The van der Waals surface area contributed by atoms with Crippen LogP contribution in [-0.2, 0) is 9.53 Å². The molecule has 3 aromatic rings. The molecule has 1 unspecified atom stereocenters. The predicted octanol–water partition coefficient (Wildman–Crippen LogP) is 11.1. The lowest BCUT2D eigenvalue weighted by molar-refractivity contribution is -0.148. The molecule has 0 aromatic heterocycles. The van der Waals surface area contributed by atoms with E-state index < -0.39 is 0 Å². The van der Waals surface area contributed by atoms with Gasteiger partial charge in [0.15, 0.2) is 0 Å². The number of esters is 1. The van der Waals surface area contributed by atoms with E-state index >= 15 is 0 Å². The molecule has 0 saturated heterocycles. The van der Waals surface area contributed by atoms with E-state index in [-0.39, 0.29) is 12.1 Å². The van der Waals surface area contributed by atoms with Gasteiger partial charge in [-0.05, 0) is 59.7 Å². The van der Waals surface area contributed by atoms with Gasteiger partial charge in [0.25, 0.3) is 0 Å². The SMILES string of the molecule is CCCCCCCCCCC(=O)OC(C)c1ccc(-c2ccccc2-c2ccc(OCCCCCC)cc2)cc1. The lowest BCUT2D eigenvalue weighted by Crippen LogP contribution is -2.08. The average Bonchev–Trinajstić information content (AvgIpc) is 2.99. The third-order valence-electron chi connectivity index (χ3n) is 7.59. The highest BCUT2D eigenvalue weighted by Crippen LogP contribution is 2.33. The molecule has 3 heteroatoms. The molecule has 1 atom stereocenters. The zero-order valence-electron chi connectivity index (χ0n) is 25.1. The molecule has 0 bridgehead atoms. The molecule has 0 radical (unpaired) electrons. The summed E-state index contributed by atoms with van der Waals surface area (Å²) in [6, 6.07) is 25.3. The quantitative estimate of drug-likeness (QED) is 0.112. The highest BCUT2D eigenvalue weighted by Gasteiger charge is 2.13. The number of carbonyl (C=O) groups is 1. The summed E-state index contributed by atoms with van der Waals surface area (Å²) in [5.74, 6) is 0.828. The van der Waals surface area contributed by atoms with Crippen LogP contribution in [0.5, 0.6) is 5.75 Å². The largest absolute Gasteiger partial charge is 0.494 e. The van der Waals surface area contributed by atoms with Crippen LogP contribution in [0, 0.1) is 0 Å². The van der Waals surface area contributed by atoms with Gasteiger partial charge < -0.3 is 9.47 Å².